The molecular weight excluding hydrogens is 128 g/mol. The highest BCUT2D eigenvalue weighted by Crippen LogP contribution is 2.10. The van der Waals surface area contributed by atoms with E-state index in [1.807, 2.05) is 6.92 Å². The van der Waals surface area contributed by atoms with E-state index >= 15 is 0 Å². The second kappa shape index (κ2) is 3.64. The molecule has 0 N–H and O–H groups in total. The Balaban J connectivity index is 3.91. The van der Waals surface area contributed by atoms with Crippen molar-refractivity contribution in [2.45, 2.75) is 12.5 Å². The average molecular weight is 142 g/mol. The molecule has 0 bridgehead atoms. The summed E-state index contributed by atoms with van der Waals surface area (Å²) in [5.74, 6) is 0. The maximum absolute atomic E-state index is 5.35. The van der Waals surface area contributed by atoms with Gasteiger partial charge in [0.1, 0.15) is 5.60 Å². The van der Waals surface area contributed by atoms with Crippen LogP contribution in [-0.4, -0.2) is 22.1 Å². The summed E-state index contributed by atoms with van der Waals surface area (Å²) in [6, 6.07) is 0. The summed E-state index contributed by atoms with van der Waals surface area (Å²) in [5.41, 5.74) is -0.304. The van der Waals surface area contributed by atoms with Crippen LogP contribution in [0.1, 0.15) is 6.92 Å². The molecule has 52 valence electrons. The Morgan fingerprint density at radius 1 is 1.56 bits per heavy atom. The first-order valence-corrected chi connectivity index (χ1v) is 4.51. The third-order valence-electron chi connectivity index (χ3n) is 1.27. The van der Waals surface area contributed by atoms with Gasteiger partial charge in [0.25, 0.3) is 0 Å². The Kier molecular flexibility index (Phi) is 3.50. The molecule has 1 nitrogen and oxygen atoms in total. The topological polar surface area (TPSA) is 9.23 Å². The van der Waals surface area contributed by atoms with Gasteiger partial charge in [0.05, 0.1) is 0 Å². The highest BCUT2D eigenvalue weighted by atomic mass is 28.1. The summed E-state index contributed by atoms with van der Waals surface area (Å²) >= 11 is 0. The third kappa shape index (κ3) is 2.63. The Hall–Kier alpha value is -0.343. The van der Waals surface area contributed by atoms with Crippen LogP contribution >= 0.6 is 0 Å². The Labute approximate surface area is 59.8 Å². The van der Waals surface area contributed by atoms with Crippen molar-refractivity contribution in [3.05, 3.63) is 25.3 Å². The number of ether oxygens (including phenoxy) is 1. The largest absolute Gasteiger partial charge is 0.371 e. The molecule has 0 atom stereocenters. The van der Waals surface area contributed by atoms with E-state index in [9.17, 15) is 0 Å². The summed E-state index contributed by atoms with van der Waals surface area (Å²) in [5, 5.41) is 0. The van der Waals surface area contributed by atoms with Crippen LogP contribution in [0.5, 0.6) is 0 Å². The molecule has 0 spiro atoms. The minimum atomic E-state index is -0.304. The second-order valence-electron chi connectivity index (χ2n) is 2.03. The third-order valence-corrected chi connectivity index (χ3v) is 1.55. The monoisotopic (exact) mass is 142 g/mol. The van der Waals surface area contributed by atoms with Gasteiger partial charge in [0.15, 0.2) is 0 Å². The Bertz CT molecular complexity index is 101. The van der Waals surface area contributed by atoms with Gasteiger partial charge < -0.3 is 4.74 Å². The molecule has 0 heterocycles. The van der Waals surface area contributed by atoms with Crippen LogP contribution in [0.15, 0.2) is 25.3 Å². The van der Waals surface area contributed by atoms with Crippen LogP contribution in [-0.2, 0) is 4.74 Å². The summed E-state index contributed by atoms with van der Waals surface area (Å²) < 4.78 is 5.35. The molecule has 0 saturated carbocycles. The molecule has 0 aromatic carbocycles. The van der Waals surface area contributed by atoms with Gasteiger partial charge in [-0.25, -0.2) is 0 Å². The van der Waals surface area contributed by atoms with Crippen molar-refractivity contribution in [1.29, 1.82) is 0 Å². The normalized spacial score (nSPS) is 11.2. The van der Waals surface area contributed by atoms with Crippen LogP contribution < -0.4 is 0 Å². The molecule has 0 radical (unpaired) electrons. The van der Waals surface area contributed by atoms with Crippen LogP contribution in [0.3, 0.4) is 0 Å². The molecule has 0 unspecified atom stereocenters. The molecule has 0 aromatic rings. The molecule has 0 amide bonds. The molecule has 0 aromatic heterocycles. The van der Waals surface area contributed by atoms with Gasteiger partial charge in [-0.3, -0.25) is 0 Å². The van der Waals surface area contributed by atoms with E-state index in [1.165, 1.54) is 0 Å². The minimum Gasteiger partial charge on any atom is -0.371 e. The summed E-state index contributed by atoms with van der Waals surface area (Å²) in [6.07, 6.45) is 4.35. The molecule has 9 heavy (non-hydrogen) atoms. The van der Waals surface area contributed by atoms with Crippen LogP contribution in [0.25, 0.3) is 0 Å². The first-order chi connectivity index (χ1) is 4.18. The van der Waals surface area contributed by atoms with E-state index < -0.39 is 0 Å². The van der Waals surface area contributed by atoms with Gasteiger partial charge in [0.2, 0.25) is 0 Å². The van der Waals surface area contributed by atoms with E-state index in [-0.39, 0.29) is 5.60 Å². The zero-order valence-electron chi connectivity index (χ0n) is 6.18. The number of rotatable bonds is 4. The van der Waals surface area contributed by atoms with E-state index in [2.05, 4.69) is 13.2 Å². The van der Waals surface area contributed by atoms with E-state index in [1.54, 1.807) is 12.2 Å². The highest BCUT2D eigenvalue weighted by Gasteiger charge is 2.13. The zero-order valence-corrected chi connectivity index (χ0v) is 8.18. The van der Waals surface area contributed by atoms with Crippen LogP contribution in [0.2, 0.25) is 0 Å². The lowest BCUT2D eigenvalue weighted by Crippen LogP contribution is -2.22. The van der Waals surface area contributed by atoms with Gasteiger partial charge in [-0.05, 0) is 6.92 Å². The molecule has 0 fully saturated rings. The fraction of sp³-hybridized carbons (Fsp3) is 0.429. The molecule has 0 aliphatic carbocycles. The average Bonchev–Trinajstić information content (AvgIpc) is 1.89. The maximum Gasteiger partial charge on any atom is 0.100 e. The zero-order chi connectivity index (χ0) is 7.33. The lowest BCUT2D eigenvalue weighted by Gasteiger charge is -2.20. The van der Waals surface area contributed by atoms with Crippen molar-refractivity contribution < 1.29 is 4.74 Å². The molecule has 0 saturated heterocycles. The molecule has 0 aliphatic heterocycles. The predicted octanol–water partition coefficient (Wildman–Crippen LogP) is 0.457. The van der Waals surface area contributed by atoms with E-state index in [4.69, 9.17) is 4.74 Å². The van der Waals surface area contributed by atoms with E-state index in [0.29, 0.717) is 0 Å². The fourth-order valence-corrected chi connectivity index (χ4v) is 1.13. The van der Waals surface area contributed by atoms with Crippen molar-refractivity contribution in [3.63, 3.8) is 0 Å². The van der Waals surface area contributed by atoms with Crippen molar-refractivity contribution in [2.24, 2.45) is 0 Å². The highest BCUT2D eigenvalue weighted by molar-refractivity contribution is 6.08. The predicted molar refractivity (Wildman–Crippen MR) is 44.7 cm³/mol. The fourth-order valence-electron chi connectivity index (χ4n) is 0.512. The smallest absolute Gasteiger partial charge is 0.100 e. The van der Waals surface area contributed by atoms with Gasteiger partial charge in [-0.2, -0.15) is 0 Å². The maximum atomic E-state index is 5.35. The first-order valence-electron chi connectivity index (χ1n) is 3.09. The Morgan fingerprint density at radius 2 is 2.00 bits per heavy atom. The number of hydrogen-bond acceptors (Lipinski definition) is 1. The second-order valence-corrected chi connectivity index (χ2v) is 2.60. The lowest BCUT2D eigenvalue weighted by atomic mass is 10.1. The summed E-state index contributed by atoms with van der Waals surface area (Å²) in [6.45, 7) is 9.23. The SMILES string of the molecule is C=CC(C)(C=C)OC[SiH3]. The minimum absolute atomic E-state index is 0.304. The quantitative estimate of drug-likeness (QED) is 0.409. The van der Waals surface area contributed by atoms with Gasteiger partial charge in [0, 0.05) is 16.5 Å². The standard InChI is InChI=1S/C7H14OSi/c1-4-7(3,5-2)8-6-9/h4-5H,1-2,6H2,3,9H3. The van der Waals surface area contributed by atoms with Crippen LogP contribution in [0.4, 0.5) is 0 Å². The lowest BCUT2D eigenvalue weighted by molar-refractivity contribution is 0.0755. The first kappa shape index (κ1) is 8.66. The van der Waals surface area contributed by atoms with Gasteiger partial charge in [-0.1, -0.05) is 25.3 Å². The van der Waals surface area contributed by atoms with Crippen LogP contribution in [0, 0.1) is 0 Å². The molecule has 0 rings (SSSR count). The van der Waals surface area contributed by atoms with Crippen molar-refractivity contribution in [1.82, 2.24) is 0 Å². The number of hydrogen-bond donors (Lipinski definition) is 0. The van der Waals surface area contributed by atoms with Crippen molar-refractivity contribution >= 4 is 10.2 Å². The van der Waals surface area contributed by atoms with E-state index in [0.717, 1.165) is 16.5 Å². The van der Waals surface area contributed by atoms with Gasteiger partial charge in [-0.15, -0.1) is 0 Å². The Morgan fingerprint density at radius 3 is 2.11 bits per heavy atom. The van der Waals surface area contributed by atoms with Crippen molar-refractivity contribution in [2.75, 3.05) is 6.23 Å². The van der Waals surface area contributed by atoms with Crippen molar-refractivity contribution in [3.8, 4) is 0 Å². The summed E-state index contributed by atoms with van der Waals surface area (Å²) in [7, 11) is 1.06. The summed E-state index contributed by atoms with van der Waals surface area (Å²) in [4.78, 5) is 0. The molecule has 0 aliphatic rings. The molecular formula is C7H14OSi. The molecule has 2 heteroatoms. The van der Waals surface area contributed by atoms with Gasteiger partial charge >= 0.3 is 0 Å².